The second-order valence-corrected chi connectivity index (χ2v) is 4.81. The highest BCUT2D eigenvalue weighted by Crippen LogP contribution is 2.30. The molecule has 1 unspecified atom stereocenters. The molecule has 0 saturated carbocycles. The summed E-state index contributed by atoms with van der Waals surface area (Å²) in [7, 11) is 1.56. The Bertz CT molecular complexity index is 581. The van der Waals surface area contributed by atoms with E-state index in [2.05, 4.69) is 37.4 Å². The van der Waals surface area contributed by atoms with Crippen molar-refractivity contribution in [1.82, 2.24) is 0 Å². The molecule has 0 aromatic heterocycles. The monoisotopic (exact) mass is 271 g/mol. The van der Waals surface area contributed by atoms with Crippen molar-refractivity contribution in [3.8, 4) is 11.5 Å². The summed E-state index contributed by atoms with van der Waals surface area (Å²) in [6.07, 6.45) is 0.995. The molecule has 2 aromatic rings. The summed E-state index contributed by atoms with van der Waals surface area (Å²) in [5, 5.41) is 13.2. The second kappa shape index (κ2) is 6.33. The molecular formula is C17H21NO2. The predicted molar refractivity (Wildman–Crippen MR) is 82.5 cm³/mol. The van der Waals surface area contributed by atoms with E-state index in [0.29, 0.717) is 5.75 Å². The third kappa shape index (κ3) is 3.05. The molecule has 20 heavy (non-hydrogen) atoms. The van der Waals surface area contributed by atoms with Crippen molar-refractivity contribution in [2.24, 2.45) is 0 Å². The van der Waals surface area contributed by atoms with Crippen LogP contribution >= 0.6 is 0 Å². The van der Waals surface area contributed by atoms with E-state index in [1.165, 1.54) is 5.56 Å². The van der Waals surface area contributed by atoms with Crippen LogP contribution in [0.4, 0.5) is 5.69 Å². The Labute approximate surface area is 120 Å². The average Bonchev–Trinajstić information content (AvgIpc) is 2.48. The first kappa shape index (κ1) is 14.3. The highest BCUT2D eigenvalue weighted by molar-refractivity contribution is 5.53. The number of phenolic OH excluding ortho intramolecular Hbond substituents is 1. The highest BCUT2D eigenvalue weighted by Gasteiger charge is 2.10. The zero-order valence-corrected chi connectivity index (χ0v) is 12.2. The van der Waals surface area contributed by atoms with Crippen LogP contribution in [0.15, 0.2) is 42.5 Å². The summed E-state index contributed by atoms with van der Waals surface area (Å²) in [6.45, 7) is 4.24. The molecule has 0 aliphatic rings. The Kier molecular flexibility index (Phi) is 4.51. The normalized spacial score (nSPS) is 11.9. The van der Waals surface area contributed by atoms with E-state index in [-0.39, 0.29) is 11.8 Å². The van der Waals surface area contributed by atoms with Crippen molar-refractivity contribution in [3.05, 3.63) is 53.6 Å². The first-order chi connectivity index (χ1) is 9.65. The number of hydrogen-bond donors (Lipinski definition) is 2. The van der Waals surface area contributed by atoms with E-state index in [4.69, 9.17) is 4.74 Å². The van der Waals surface area contributed by atoms with Crippen molar-refractivity contribution in [3.63, 3.8) is 0 Å². The summed E-state index contributed by atoms with van der Waals surface area (Å²) in [5.41, 5.74) is 3.52. The number of benzene rings is 2. The maximum absolute atomic E-state index is 9.64. The fourth-order valence-corrected chi connectivity index (χ4v) is 2.25. The van der Waals surface area contributed by atoms with Gasteiger partial charge in [0.1, 0.15) is 0 Å². The molecule has 0 heterocycles. The third-order valence-corrected chi connectivity index (χ3v) is 3.47. The van der Waals surface area contributed by atoms with Gasteiger partial charge in [-0.1, -0.05) is 31.2 Å². The van der Waals surface area contributed by atoms with Gasteiger partial charge in [0.05, 0.1) is 7.11 Å². The molecule has 0 aliphatic carbocycles. The van der Waals surface area contributed by atoms with Crippen molar-refractivity contribution in [2.45, 2.75) is 26.3 Å². The third-order valence-electron chi connectivity index (χ3n) is 3.47. The zero-order chi connectivity index (χ0) is 14.5. The molecule has 106 valence electrons. The molecule has 0 fully saturated rings. The number of nitrogens with one attached hydrogen (secondary N) is 1. The Morgan fingerprint density at radius 3 is 2.65 bits per heavy atom. The fourth-order valence-electron chi connectivity index (χ4n) is 2.25. The summed E-state index contributed by atoms with van der Waals surface area (Å²) in [6, 6.07) is 13.9. The summed E-state index contributed by atoms with van der Waals surface area (Å²) < 4.78 is 5.15. The van der Waals surface area contributed by atoms with E-state index in [1.54, 1.807) is 13.2 Å². The number of anilines is 1. The Morgan fingerprint density at radius 2 is 1.95 bits per heavy atom. The molecule has 2 rings (SSSR count). The van der Waals surface area contributed by atoms with E-state index in [1.807, 2.05) is 18.2 Å². The molecule has 0 spiro atoms. The number of ether oxygens (including phenoxy) is 1. The molecule has 0 aliphatic heterocycles. The predicted octanol–water partition coefficient (Wildman–Crippen LogP) is 4.14. The van der Waals surface area contributed by atoms with Crippen LogP contribution in [0.1, 0.15) is 31.0 Å². The fraction of sp³-hybridized carbons (Fsp3) is 0.294. The minimum atomic E-state index is 0.136. The molecule has 0 amide bonds. The maximum atomic E-state index is 9.64. The summed E-state index contributed by atoms with van der Waals surface area (Å²) >= 11 is 0. The molecule has 2 N–H and O–H groups in total. The van der Waals surface area contributed by atoms with Gasteiger partial charge in [-0.15, -0.1) is 0 Å². The van der Waals surface area contributed by atoms with Gasteiger partial charge in [0.15, 0.2) is 11.5 Å². The first-order valence-corrected chi connectivity index (χ1v) is 6.87. The number of phenols is 1. The lowest BCUT2D eigenvalue weighted by molar-refractivity contribution is 0.373. The topological polar surface area (TPSA) is 41.5 Å². The first-order valence-electron chi connectivity index (χ1n) is 6.87. The van der Waals surface area contributed by atoms with Gasteiger partial charge in [-0.2, -0.15) is 0 Å². The molecular weight excluding hydrogens is 250 g/mol. The minimum absolute atomic E-state index is 0.136. The van der Waals surface area contributed by atoms with Crippen molar-refractivity contribution in [1.29, 1.82) is 0 Å². The number of aryl methyl sites for hydroxylation is 1. The lowest BCUT2D eigenvalue weighted by Crippen LogP contribution is -2.08. The van der Waals surface area contributed by atoms with Crippen LogP contribution in [-0.2, 0) is 6.42 Å². The number of methoxy groups -OCH3 is 1. The van der Waals surface area contributed by atoms with Crippen molar-refractivity contribution in [2.75, 3.05) is 12.4 Å². The zero-order valence-electron chi connectivity index (χ0n) is 12.2. The van der Waals surface area contributed by atoms with Crippen LogP contribution in [-0.4, -0.2) is 12.2 Å². The van der Waals surface area contributed by atoms with Crippen LogP contribution < -0.4 is 10.1 Å². The Balaban J connectivity index is 2.21. The van der Waals surface area contributed by atoms with Crippen molar-refractivity contribution >= 4 is 5.69 Å². The van der Waals surface area contributed by atoms with Gasteiger partial charge in [0.25, 0.3) is 0 Å². The van der Waals surface area contributed by atoms with Crippen LogP contribution in [0.25, 0.3) is 0 Å². The smallest absolute Gasteiger partial charge is 0.160 e. The SMILES string of the molecule is CCc1ccccc1NC(C)c1ccc(O)c(OC)c1. The van der Waals surface area contributed by atoms with Crippen LogP contribution in [0.3, 0.4) is 0 Å². The van der Waals surface area contributed by atoms with Gasteiger partial charge in [-0.05, 0) is 42.7 Å². The molecule has 3 heteroatoms. The number of hydrogen-bond acceptors (Lipinski definition) is 3. The lowest BCUT2D eigenvalue weighted by atomic mass is 10.1. The minimum Gasteiger partial charge on any atom is -0.504 e. The number of para-hydroxylation sites is 1. The number of aromatic hydroxyl groups is 1. The molecule has 2 aromatic carbocycles. The Hall–Kier alpha value is -2.16. The van der Waals surface area contributed by atoms with Crippen LogP contribution in [0.2, 0.25) is 0 Å². The Morgan fingerprint density at radius 1 is 1.20 bits per heavy atom. The van der Waals surface area contributed by atoms with Gasteiger partial charge < -0.3 is 15.2 Å². The van der Waals surface area contributed by atoms with E-state index in [9.17, 15) is 5.11 Å². The maximum Gasteiger partial charge on any atom is 0.160 e. The van der Waals surface area contributed by atoms with Crippen molar-refractivity contribution < 1.29 is 9.84 Å². The summed E-state index contributed by atoms with van der Waals surface area (Å²) in [5.74, 6) is 0.664. The lowest BCUT2D eigenvalue weighted by Gasteiger charge is -2.19. The highest BCUT2D eigenvalue weighted by atomic mass is 16.5. The second-order valence-electron chi connectivity index (χ2n) is 4.81. The molecule has 0 saturated heterocycles. The van der Waals surface area contributed by atoms with Gasteiger partial charge in [0, 0.05) is 11.7 Å². The van der Waals surface area contributed by atoms with E-state index >= 15 is 0 Å². The van der Waals surface area contributed by atoms with Gasteiger partial charge in [0.2, 0.25) is 0 Å². The number of rotatable bonds is 5. The van der Waals surface area contributed by atoms with Crippen LogP contribution in [0, 0.1) is 0 Å². The van der Waals surface area contributed by atoms with E-state index in [0.717, 1.165) is 17.7 Å². The van der Waals surface area contributed by atoms with E-state index < -0.39 is 0 Å². The molecule has 1 atom stereocenters. The van der Waals surface area contributed by atoms with Gasteiger partial charge in [-0.3, -0.25) is 0 Å². The standard InChI is InChI=1S/C17H21NO2/c1-4-13-7-5-6-8-15(13)18-12(2)14-9-10-16(19)17(11-14)20-3/h5-12,18-19H,4H2,1-3H3. The van der Waals surface area contributed by atoms with Gasteiger partial charge in [-0.25, -0.2) is 0 Å². The van der Waals surface area contributed by atoms with Gasteiger partial charge >= 0.3 is 0 Å². The summed E-state index contributed by atoms with van der Waals surface area (Å²) in [4.78, 5) is 0. The largest absolute Gasteiger partial charge is 0.504 e. The molecule has 0 radical (unpaired) electrons. The molecule has 3 nitrogen and oxygen atoms in total. The molecule has 0 bridgehead atoms. The quantitative estimate of drug-likeness (QED) is 0.859. The van der Waals surface area contributed by atoms with Crippen LogP contribution in [0.5, 0.6) is 11.5 Å². The average molecular weight is 271 g/mol.